The predicted octanol–water partition coefficient (Wildman–Crippen LogP) is 4.66. The maximum atomic E-state index is 13.5. The Morgan fingerprint density at radius 1 is 1.06 bits per heavy atom. The quantitative estimate of drug-likeness (QED) is 0.386. The number of amides is 1. The summed E-state index contributed by atoms with van der Waals surface area (Å²) < 4.78 is 6.86. The van der Waals surface area contributed by atoms with E-state index in [2.05, 4.69) is 10.1 Å². The molecule has 2 heterocycles. The number of nitrogens with zero attached hydrogens (tertiary/aromatic N) is 4. The lowest BCUT2D eigenvalue weighted by atomic mass is 10.1. The Bertz CT molecular complexity index is 1200. The van der Waals surface area contributed by atoms with Gasteiger partial charge in [0.05, 0.1) is 24.5 Å². The molecule has 7 nitrogen and oxygen atoms in total. The molecule has 4 rings (SSSR count). The van der Waals surface area contributed by atoms with Gasteiger partial charge in [-0.25, -0.2) is 14.5 Å². The van der Waals surface area contributed by atoms with Gasteiger partial charge >= 0.3 is 5.97 Å². The van der Waals surface area contributed by atoms with Crippen molar-refractivity contribution in [2.75, 3.05) is 11.5 Å². The van der Waals surface area contributed by atoms with Gasteiger partial charge in [-0.3, -0.25) is 9.69 Å². The number of esters is 1. The molecule has 0 aliphatic rings. The van der Waals surface area contributed by atoms with Gasteiger partial charge in [0.25, 0.3) is 5.91 Å². The largest absolute Gasteiger partial charge is 0.462 e. The lowest BCUT2D eigenvalue weighted by molar-refractivity contribution is 0.0531. The van der Waals surface area contributed by atoms with Gasteiger partial charge in [-0.05, 0) is 49.7 Å². The predicted molar refractivity (Wildman–Crippen MR) is 123 cm³/mol. The van der Waals surface area contributed by atoms with Crippen LogP contribution in [-0.2, 0) is 11.3 Å². The second kappa shape index (κ2) is 9.57. The fourth-order valence-corrected chi connectivity index (χ4v) is 4.17. The number of rotatable bonds is 7. The van der Waals surface area contributed by atoms with Crippen molar-refractivity contribution in [1.29, 1.82) is 0 Å². The summed E-state index contributed by atoms with van der Waals surface area (Å²) in [6.07, 6.45) is 3.54. The van der Waals surface area contributed by atoms with Gasteiger partial charge in [-0.15, -0.1) is 0 Å². The average molecular weight is 447 g/mol. The Morgan fingerprint density at radius 3 is 2.47 bits per heavy atom. The van der Waals surface area contributed by atoms with Crippen LogP contribution in [0.4, 0.5) is 5.13 Å². The summed E-state index contributed by atoms with van der Waals surface area (Å²) in [6.45, 7) is 4.11. The normalized spacial score (nSPS) is 10.7. The molecule has 1 amide bonds. The molecule has 2 aromatic carbocycles. The topological polar surface area (TPSA) is 77.3 Å². The summed E-state index contributed by atoms with van der Waals surface area (Å²) in [6, 6.07) is 18.7. The molecule has 0 bridgehead atoms. The van der Waals surface area contributed by atoms with E-state index in [0.717, 1.165) is 22.6 Å². The number of aryl methyl sites for hydroxylation is 1. The molecule has 0 fully saturated rings. The van der Waals surface area contributed by atoms with E-state index in [1.165, 1.54) is 0 Å². The number of carbonyl (C=O) groups is 2. The number of thiazole rings is 1. The highest BCUT2D eigenvalue weighted by atomic mass is 32.1. The Kier molecular flexibility index (Phi) is 6.42. The van der Waals surface area contributed by atoms with Crippen molar-refractivity contribution >= 4 is 28.3 Å². The van der Waals surface area contributed by atoms with Gasteiger partial charge in [0.1, 0.15) is 4.88 Å². The van der Waals surface area contributed by atoms with Gasteiger partial charge in [0.2, 0.25) is 0 Å². The zero-order valence-electron chi connectivity index (χ0n) is 17.8. The highest BCUT2D eigenvalue weighted by Gasteiger charge is 2.25. The number of hydrogen-bond acceptors (Lipinski definition) is 6. The van der Waals surface area contributed by atoms with Crippen molar-refractivity contribution in [3.8, 4) is 5.69 Å². The first kappa shape index (κ1) is 21.5. The summed E-state index contributed by atoms with van der Waals surface area (Å²) in [4.78, 5) is 32.3. The Balaban J connectivity index is 1.67. The van der Waals surface area contributed by atoms with Crippen LogP contribution in [0.1, 0.15) is 38.2 Å². The Labute approximate surface area is 189 Å². The van der Waals surface area contributed by atoms with Crippen molar-refractivity contribution in [1.82, 2.24) is 14.8 Å². The van der Waals surface area contributed by atoms with E-state index in [1.807, 2.05) is 54.7 Å². The van der Waals surface area contributed by atoms with Crippen LogP contribution in [0.3, 0.4) is 0 Å². The van der Waals surface area contributed by atoms with E-state index < -0.39 is 5.97 Å². The molecular formula is C24H22N4O3S. The molecule has 0 aliphatic carbocycles. The molecule has 0 saturated carbocycles. The summed E-state index contributed by atoms with van der Waals surface area (Å²) in [7, 11) is 0. The molecule has 0 N–H and O–H groups in total. The third kappa shape index (κ3) is 4.60. The number of anilines is 1. The lowest BCUT2D eigenvalue weighted by Gasteiger charge is -2.20. The zero-order valence-corrected chi connectivity index (χ0v) is 18.6. The molecule has 0 atom stereocenters. The fourth-order valence-electron chi connectivity index (χ4n) is 3.21. The van der Waals surface area contributed by atoms with Crippen LogP contribution >= 0.6 is 11.3 Å². The fraction of sp³-hybridized carbons (Fsp3) is 0.167. The van der Waals surface area contributed by atoms with Crippen molar-refractivity contribution in [3.63, 3.8) is 0 Å². The zero-order chi connectivity index (χ0) is 22.5. The lowest BCUT2D eigenvalue weighted by Crippen LogP contribution is -2.30. The minimum absolute atomic E-state index is 0.204. The van der Waals surface area contributed by atoms with E-state index >= 15 is 0 Å². The van der Waals surface area contributed by atoms with Gasteiger partial charge in [0, 0.05) is 18.0 Å². The van der Waals surface area contributed by atoms with Gasteiger partial charge in [-0.1, -0.05) is 41.7 Å². The highest BCUT2D eigenvalue weighted by Crippen LogP contribution is 2.29. The van der Waals surface area contributed by atoms with Crippen LogP contribution in [0.5, 0.6) is 0 Å². The SMILES string of the molecule is CCOC(=O)c1sc(N(Cc2ccccc2)C(=O)c2ccc(-n3cccn3)cc2)nc1C. The third-order valence-electron chi connectivity index (χ3n) is 4.79. The standard InChI is InChI=1S/C24H22N4O3S/c1-3-31-23(30)21-17(2)26-24(32-21)27(16-18-8-5-4-6-9-18)22(29)19-10-12-20(13-11-19)28-15-7-14-25-28/h4-15H,3,16H2,1-2H3. The second-order valence-electron chi connectivity index (χ2n) is 7.01. The minimum atomic E-state index is -0.426. The van der Waals surface area contributed by atoms with E-state index in [-0.39, 0.29) is 12.5 Å². The van der Waals surface area contributed by atoms with E-state index in [9.17, 15) is 9.59 Å². The smallest absolute Gasteiger partial charge is 0.350 e. The van der Waals surface area contributed by atoms with Crippen LogP contribution in [0, 0.1) is 6.92 Å². The number of aromatic nitrogens is 3. The molecule has 8 heteroatoms. The molecule has 0 saturated heterocycles. The van der Waals surface area contributed by atoms with Crippen LogP contribution in [-0.4, -0.2) is 33.2 Å². The van der Waals surface area contributed by atoms with Crippen LogP contribution in [0.15, 0.2) is 73.1 Å². The maximum Gasteiger partial charge on any atom is 0.350 e. The van der Waals surface area contributed by atoms with Crippen molar-refractivity contribution in [2.24, 2.45) is 0 Å². The summed E-state index contributed by atoms with van der Waals surface area (Å²) >= 11 is 1.16. The Morgan fingerprint density at radius 2 is 1.81 bits per heavy atom. The first-order chi connectivity index (χ1) is 15.6. The Hall–Kier alpha value is -3.78. The molecule has 0 spiro atoms. The molecule has 0 radical (unpaired) electrons. The van der Waals surface area contributed by atoms with Crippen molar-refractivity contribution in [2.45, 2.75) is 20.4 Å². The summed E-state index contributed by atoms with van der Waals surface area (Å²) in [5.74, 6) is -0.630. The summed E-state index contributed by atoms with van der Waals surface area (Å²) in [5.41, 5.74) is 2.88. The number of ether oxygens (including phenoxy) is 1. The maximum absolute atomic E-state index is 13.5. The summed E-state index contributed by atoms with van der Waals surface area (Å²) in [5, 5.41) is 4.67. The number of carbonyl (C=O) groups excluding carboxylic acids is 2. The van der Waals surface area contributed by atoms with E-state index in [1.54, 1.807) is 41.8 Å². The molecule has 2 aromatic heterocycles. The average Bonchev–Trinajstić information content (AvgIpc) is 3.48. The third-order valence-corrected chi connectivity index (χ3v) is 5.95. The van der Waals surface area contributed by atoms with Crippen LogP contribution < -0.4 is 4.90 Å². The minimum Gasteiger partial charge on any atom is -0.462 e. The highest BCUT2D eigenvalue weighted by molar-refractivity contribution is 7.17. The van der Waals surface area contributed by atoms with E-state index in [0.29, 0.717) is 27.8 Å². The van der Waals surface area contributed by atoms with Gasteiger partial charge in [0.15, 0.2) is 5.13 Å². The molecular weight excluding hydrogens is 424 g/mol. The van der Waals surface area contributed by atoms with Gasteiger partial charge < -0.3 is 4.74 Å². The monoisotopic (exact) mass is 446 g/mol. The van der Waals surface area contributed by atoms with E-state index in [4.69, 9.17) is 4.74 Å². The van der Waals surface area contributed by atoms with Gasteiger partial charge in [-0.2, -0.15) is 5.10 Å². The van der Waals surface area contributed by atoms with Crippen LogP contribution in [0.25, 0.3) is 5.69 Å². The first-order valence-electron chi connectivity index (χ1n) is 10.2. The van der Waals surface area contributed by atoms with Crippen LogP contribution in [0.2, 0.25) is 0 Å². The number of hydrogen-bond donors (Lipinski definition) is 0. The molecule has 32 heavy (non-hydrogen) atoms. The second-order valence-corrected chi connectivity index (χ2v) is 7.98. The number of benzene rings is 2. The van der Waals surface area contributed by atoms with Crippen molar-refractivity contribution < 1.29 is 14.3 Å². The molecule has 4 aromatic rings. The molecule has 0 unspecified atom stereocenters. The molecule has 0 aliphatic heterocycles. The first-order valence-corrected chi connectivity index (χ1v) is 11.0. The van der Waals surface area contributed by atoms with Crippen molar-refractivity contribution in [3.05, 3.63) is 94.8 Å². The molecule has 162 valence electrons.